The molecule has 0 aliphatic carbocycles. The highest BCUT2D eigenvalue weighted by Gasteiger charge is 2.33. The summed E-state index contributed by atoms with van der Waals surface area (Å²) in [6, 6.07) is 12.9. The molecule has 0 N–H and O–H groups in total. The average Bonchev–Trinajstić information content (AvgIpc) is 2.95. The molecule has 2 aromatic rings. The molecular formula is C19H17NO4S2. The number of thiocarbonyl (C=S) groups is 1. The van der Waals surface area contributed by atoms with E-state index in [4.69, 9.17) is 26.4 Å². The lowest BCUT2D eigenvalue weighted by Crippen LogP contribution is -2.27. The van der Waals surface area contributed by atoms with Crippen LogP contribution in [-0.4, -0.2) is 31.6 Å². The van der Waals surface area contributed by atoms with Gasteiger partial charge in [0.2, 0.25) is 5.75 Å². The molecule has 0 aromatic heterocycles. The lowest BCUT2D eigenvalue weighted by Gasteiger charge is -2.15. The lowest BCUT2D eigenvalue weighted by molar-refractivity contribution is -0.113. The van der Waals surface area contributed by atoms with Crippen molar-refractivity contribution in [1.29, 1.82) is 0 Å². The van der Waals surface area contributed by atoms with Crippen LogP contribution in [-0.2, 0) is 4.79 Å². The normalized spacial score (nSPS) is 15.5. The fourth-order valence-corrected chi connectivity index (χ4v) is 3.94. The van der Waals surface area contributed by atoms with Crippen molar-refractivity contribution < 1.29 is 19.0 Å². The molecule has 3 rings (SSSR count). The van der Waals surface area contributed by atoms with Crippen molar-refractivity contribution in [2.45, 2.75) is 0 Å². The van der Waals surface area contributed by atoms with Gasteiger partial charge in [0.25, 0.3) is 5.91 Å². The average molecular weight is 387 g/mol. The third kappa shape index (κ3) is 3.27. The number of methoxy groups -OCH3 is 3. The molecule has 0 atom stereocenters. The van der Waals surface area contributed by atoms with E-state index < -0.39 is 0 Å². The van der Waals surface area contributed by atoms with E-state index in [0.29, 0.717) is 32.0 Å². The van der Waals surface area contributed by atoms with Crippen LogP contribution in [0.15, 0.2) is 47.4 Å². The van der Waals surface area contributed by atoms with Gasteiger partial charge < -0.3 is 14.2 Å². The van der Waals surface area contributed by atoms with Crippen LogP contribution in [0, 0.1) is 0 Å². The molecule has 0 bridgehead atoms. The quantitative estimate of drug-likeness (QED) is 0.568. The predicted molar refractivity (Wildman–Crippen MR) is 108 cm³/mol. The van der Waals surface area contributed by atoms with Crippen LogP contribution in [0.4, 0.5) is 5.69 Å². The first-order chi connectivity index (χ1) is 12.6. The number of ether oxygens (including phenoxy) is 3. The van der Waals surface area contributed by atoms with Crippen LogP contribution in [0.2, 0.25) is 0 Å². The number of hydrogen-bond donors (Lipinski definition) is 0. The van der Waals surface area contributed by atoms with E-state index in [2.05, 4.69) is 0 Å². The third-order valence-corrected chi connectivity index (χ3v) is 5.13. The predicted octanol–water partition coefficient (Wildman–Crippen LogP) is 4.12. The molecule has 1 saturated heterocycles. The summed E-state index contributed by atoms with van der Waals surface area (Å²) in [5.74, 6) is 1.36. The molecule has 0 saturated carbocycles. The topological polar surface area (TPSA) is 48.0 Å². The molecule has 1 fully saturated rings. The van der Waals surface area contributed by atoms with Gasteiger partial charge in [0.15, 0.2) is 15.8 Å². The minimum atomic E-state index is -0.164. The fraction of sp³-hybridized carbons (Fsp3) is 0.158. The number of rotatable bonds is 5. The highest BCUT2D eigenvalue weighted by atomic mass is 32.2. The Bertz CT molecular complexity index is 881. The highest BCUT2D eigenvalue weighted by Crippen LogP contribution is 2.42. The van der Waals surface area contributed by atoms with E-state index in [0.717, 1.165) is 5.69 Å². The zero-order valence-corrected chi connectivity index (χ0v) is 16.1. The molecule has 0 unspecified atom stereocenters. The molecule has 1 aliphatic heterocycles. The van der Waals surface area contributed by atoms with Gasteiger partial charge in [-0.25, -0.2) is 0 Å². The smallest absolute Gasteiger partial charge is 0.270 e. The number of hydrogen-bond acceptors (Lipinski definition) is 6. The van der Waals surface area contributed by atoms with E-state index >= 15 is 0 Å². The number of thioether (sulfide) groups is 1. The number of carbonyl (C=O) groups excluding carboxylic acids is 1. The first kappa shape index (κ1) is 18.3. The summed E-state index contributed by atoms with van der Waals surface area (Å²) in [6.07, 6.45) is 1.75. The van der Waals surface area contributed by atoms with E-state index in [1.165, 1.54) is 16.7 Å². The molecular weight excluding hydrogens is 370 g/mol. The van der Waals surface area contributed by atoms with Gasteiger partial charge in [0.05, 0.1) is 31.9 Å². The highest BCUT2D eigenvalue weighted by molar-refractivity contribution is 8.27. The number of nitrogens with zero attached hydrogens (tertiary/aromatic N) is 1. The number of benzene rings is 2. The van der Waals surface area contributed by atoms with Gasteiger partial charge in [-0.1, -0.05) is 42.2 Å². The lowest BCUT2D eigenvalue weighted by atomic mass is 10.1. The maximum atomic E-state index is 12.9. The molecule has 7 heteroatoms. The summed E-state index contributed by atoms with van der Waals surface area (Å²) in [7, 11) is 4.64. The summed E-state index contributed by atoms with van der Waals surface area (Å²) in [5, 5.41) is 0. The Labute approximate surface area is 161 Å². The second kappa shape index (κ2) is 7.80. The van der Waals surface area contributed by atoms with Crippen LogP contribution in [0.25, 0.3) is 6.08 Å². The molecule has 26 heavy (non-hydrogen) atoms. The van der Waals surface area contributed by atoms with E-state index in [9.17, 15) is 4.79 Å². The first-order valence-corrected chi connectivity index (χ1v) is 8.95. The molecule has 134 valence electrons. The summed E-state index contributed by atoms with van der Waals surface area (Å²) in [5.41, 5.74) is 1.45. The molecule has 0 spiro atoms. The van der Waals surface area contributed by atoms with Gasteiger partial charge in [-0.15, -0.1) is 0 Å². The summed E-state index contributed by atoms with van der Waals surface area (Å²) in [4.78, 5) is 14.9. The SMILES string of the molecule is COc1ccc(/C=C2/SC(=S)N(c3ccccc3)C2=O)c(OC)c1OC. The molecule has 2 aromatic carbocycles. The molecule has 1 amide bonds. The minimum Gasteiger partial charge on any atom is -0.493 e. The first-order valence-electron chi connectivity index (χ1n) is 7.72. The van der Waals surface area contributed by atoms with Crippen LogP contribution in [0.5, 0.6) is 17.2 Å². The van der Waals surface area contributed by atoms with Crippen molar-refractivity contribution in [3.05, 3.63) is 52.9 Å². The van der Waals surface area contributed by atoms with Gasteiger partial charge in [0.1, 0.15) is 0 Å². The molecule has 1 aliphatic rings. The largest absolute Gasteiger partial charge is 0.493 e. The monoisotopic (exact) mass is 387 g/mol. The standard InChI is InChI=1S/C19H17NO4S2/c1-22-14-10-9-12(16(23-2)17(14)24-3)11-15-18(21)20(19(25)26-15)13-7-5-4-6-8-13/h4-11H,1-3H3/b15-11+. The third-order valence-electron chi connectivity index (χ3n) is 3.83. The Kier molecular flexibility index (Phi) is 5.49. The van der Waals surface area contributed by atoms with Gasteiger partial charge in [-0.05, 0) is 30.3 Å². The Morgan fingerprint density at radius 2 is 1.65 bits per heavy atom. The Morgan fingerprint density at radius 1 is 0.962 bits per heavy atom. The zero-order chi connectivity index (χ0) is 18.7. The Hall–Kier alpha value is -2.51. The van der Waals surface area contributed by atoms with E-state index in [-0.39, 0.29) is 5.91 Å². The minimum absolute atomic E-state index is 0.164. The van der Waals surface area contributed by atoms with E-state index in [1.807, 2.05) is 36.4 Å². The maximum Gasteiger partial charge on any atom is 0.270 e. The van der Waals surface area contributed by atoms with Crippen molar-refractivity contribution in [3.63, 3.8) is 0 Å². The van der Waals surface area contributed by atoms with Crippen molar-refractivity contribution in [1.82, 2.24) is 0 Å². The van der Waals surface area contributed by atoms with Gasteiger partial charge in [-0.3, -0.25) is 9.69 Å². The van der Waals surface area contributed by atoms with Crippen LogP contribution in [0.1, 0.15) is 5.56 Å². The second-order valence-corrected chi connectivity index (χ2v) is 6.95. The number of para-hydroxylation sites is 1. The summed E-state index contributed by atoms with van der Waals surface area (Å²) >= 11 is 6.65. The van der Waals surface area contributed by atoms with Crippen molar-refractivity contribution in [2.24, 2.45) is 0 Å². The fourth-order valence-electron chi connectivity index (χ4n) is 2.65. The number of carbonyl (C=O) groups is 1. The Balaban J connectivity index is 2.01. The zero-order valence-electron chi connectivity index (χ0n) is 14.5. The molecule has 0 radical (unpaired) electrons. The van der Waals surface area contributed by atoms with Gasteiger partial charge in [0, 0.05) is 5.56 Å². The van der Waals surface area contributed by atoms with Gasteiger partial charge >= 0.3 is 0 Å². The molecule has 5 nitrogen and oxygen atoms in total. The summed E-state index contributed by atoms with van der Waals surface area (Å²) in [6.45, 7) is 0. The Morgan fingerprint density at radius 3 is 2.27 bits per heavy atom. The maximum absolute atomic E-state index is 12.9. The van der Waals surface area contributed by atoms with Crippen LogP contribution < -0.4 is 19.1 Å². The van der Waals surface area contributed by atoms with Crippen LogP contribution in [0.3, 0.4) is 0 Å². The summed E-state index contributed by atoms with van der Waals surface area (Å²) < 4.78 is 16.7. The van der Waals surface area contributed by atoms with Crippen molar-refractivity contribution in [3.8, 4) is 17.2 Å². The van der Waals surface area contributed by atoms with Crippen LogP contribution >= 0.6 is 24.0 Å². The second-order valence-electron chi connectivity index (χ2n) is 5.28. The van der Waals surface area contributed by atoms with Crippen molar-refractivity contribution >= 4 is 46.0 Å². The van der Waals surface area contributed by atoms with Crippen molar-refractivity contribution in [2.75, 3.05) is 26.2 Å². The number of anilines is 1. The van der Waals surface area contributed by atoms with Gasteiger partial charge in [-0.2, -0.15) is 0 Å². The number of amides is 1. The molecule has 1 heterocycles. The van der Waals surface area contributed by atoms with E-state index in [1.54, 1.807) is 33.5 Å².